The van der Waals surface area contributed by atoms with E-state index in [0.717, 1.165) is 12.2 Å². The first kappa shape index (κ1) is 10.4. The highest BCUT2D eigenvalue weighted by Crippen LogP contribution is 2.16. The van der Waals surface area contributed by atoms with Crippen LogP contribution >= 0.6 is 11.6 Å². The molecule has 2 heteroatoms. The quantitative estimate of drug-likeness (QED) is 0.533. The lowest BCUT2D eigenvalue weighted by atomic mass is 10.1. The van der Waals surface area contributed by atoms with Gasteiger partial charge in [0.25, 0.3) is 0 Å². The molecule has 0 atom stereocenters. The molecule has 0 aliphatic carbocycles. The van der Waals surface area contributed by atoms with Gasteiger partial charge in [0, 0.05) is 5.88 Å². The zero-order chi connectivity index (χ0) is 9.68. The van der Waals surface area contributed by atoms with Gasteiger partial charge in [0.1, 0.15) is 5.75 Å². The smallest absolute Gasteiger partial charge is 0.119 e. The first-order valence-electron chi connectivity index (χ1n) is 4.50. The van der Waals surface area contributed by atoms with Gasteiger partial charge in [-0.1, -0.05) is 6.07 Å². The number of benzene rings is 1. The Morgan fingerprint density at radius 2 is 2.00 bits per heavy atom. The average molecular weight is 199 g/mol. The zero-order valence-corrected chi connectivity index (χ0v) is 8.90. The molecule has 0 N–H and O–H groups in total. The van der Waals surface area contributed by atoms with E-state index in [2.05, 4.69) is 26.0 Å². The Labute approximate surface area is 84.7 Å². The van der Waals surface area contributed by atoms with Gasteiger partial charge in [-0.3, -0.25) is 0 Å². The van der Waals surface area contributed by atoms with E-state index in [-0.39, 0.29) is 0 Å². The van der Waals surface area contributed by atoms with Crippen molar-refractivity contribution in [2.75, 3.05) is 12.5 Å². The second-order valence-electron chi connectivity index (χ2n) is 3.14. The Hall–Kier alpha value is -0.690. The Bertz CT molecular complexity index is 271. The largest absolute Gasteiger partial charge is 0.494 e. The molecule has 1 rings (SSSR count). The minimum absolute atomic E-state index is 0.658. The zero-order valence-electron chi connectivity index (χ0n) is 8.14. The molecule has 0 spiro atoms. The van der Waals surface area contributed by atoms with E-state index >= 15 is 0 Å². The maximum Gasteiger partial charge on any atom is 0.119 e. The molecule has 0 heterocycles. The van der Waals surface area contributed by atoms with Crippen LogP contribution in [0.25, 0.3) is 0 Å². The summed E-state index contributed by atoms with van der Waals surface area (Å²) in [5.41, 5.74) is 2.56. The van der Waals surface area contributed by atoms with E-state index in [0.29, 0.717) is 12.5 Å². The van der Waals surface area contributed by atoms with Gasteiger partial charge in [0.15, 0.2) is 0 Å². The number of hydrogen-bond acceptors (Lipinski definition) is 1. The summed E-state index contributed by atoms with van der Waals surface area (Å²) in [6.07, 6.45) is 0.897. The summed E-state index contributed by atoms with van der Waals surface area (Å²) < 4.78 is 5.50. The monoisotopic (exact) mass is 198 g/mol. The van der Waals surface area contributed by atoms with Crippen LogP contribution in [0.15, 0.2) is 18.2 Å². The molecule has 13 heavy (non-hydrogen) atoms. The lowest BCUT2D eigenvalue weighted by Crippen LogP contribution is -1.98. The van der Waals surface area contributed by atoms with Crippen LogP contribution < -0.4 is 4.74 Å². The van der Waals surface area contributed by atoms with Crippen molar-refractivity contribution in [3.8, 4) is 5.75 Å². The summed E-state index contributed by atoms with van der Waals surface area (Å²) in [4.78, 5) is 0. The second-order valence-corrected chi connectivity index (χ2v) is 3.52. The lowest BCUT2D eigenvalue weighted by Gasteiger charge is -2.06. The van der Waals surface area contributed by atoms with E-state index in [9.17, 15) is 0 Å². The third-order valence-electron chi connectivity index (χ3n) is 2.03. The Morgan fingerprint density at radius 3 is 2.62 bits per heavy atom. The van der Waals surface area contributed by atoms with Gasteiger partial charge in [-0.25, -0.2) is 0 Å². The molecule has 0 aliphatic rings. The van der Waals surface area contributed by atoms with Crippen LogP contribution in [0.1, 0.15) is 17.5 Å². The minimum Gasteiger partial charge on any atom is -0.494 e. The third kappa shape index (κ3) is 3.27. The van der Waals surface area contributed by atoms with Crippen molar-refractivity contribution in [3.05, 3.63) is 29.3 Å². The van der Waals surface area contributed by atoms with Crippen LogP contribution in [0.3, 0.4) is 0 Å². The van der Waals surface area contributed by atoms with E-state index in [4.69, 9.17) is 16.3 Å². The van der Waals surface area contributed by atoms with E-state index in [1.807, 2.05) is 6.07 Å². The number of alkyl halides is 1. The van der Waals surface area contributed by atoms with Crippen molar-refractivity contribution < 1.29 is 4.74 Å². The summed E-state index contributed by atoms with van der Waals surface area (Å²) in [6.45, 7) is 4.88. The molecule has 0 saturated carbocycles. The van der Waals surface area contributed by atoms with Crippen LogP contribution in [-0.4, -0.2) is 12.5 Å². The van der Waals surface area contributed by atoms with Gasteiger partial charge in [-0.05, 0) is 43.5 Å². The molecule has 0 aromatic heterocycles. The highest BCUT2D eigenvalue weighted by molar-refractivity contribution is 6.17. The van der Waals surface area contributed by atoms with Crippen molar-refractivity contribution >= 4 is 11.6 Å². The molecule has 1 aromatic rings. The predicted molar refractivity (Wildman–Crippen MR) is 56.7 cm³/mol. The van der Waals surface area contributed by atoms with Crippen LogP contribution in [0.5, 0.6) is 5.75 Å². The summed E-state index contributed by atoms with van der Waals surface area (Å²) in [5, 5.41) is 0. The van der Waals surface area contributed by atoms with Gasteiger partial charge >= 0.3 is 0 Å². The Balaban J connectivity index is 2.53. The molecular formula is C11H15ClO. The van der Waals surface area contributed by atoms with Crippen molar-refractivity contribution in [1.29, 1.82) is 0 Å². The molecule has 72 valence electrons. The molecule has 1 aromatic carbocycles. The topological polar surface area (TPSA) is 9.23 Å². The summed E-state index contributed by atoms with van der Waals surface area (Å²) in [5.74, 6) is 1.60. The fourth-order valence-electron chi connectivity index (χ4n) is 1.05. The number of halogens is 1. The first-order valence-corrected chi connectivity index (χ1v) is 5.03. The molecule has 0 fully saturated rings. The number of aryl methyl sites for hydroxylation is 2. The normalized spacial score (nSPS) is 10.1. The van der Waals surface area contributed by atoms with E-state index in [1.165, 1.54) is 11.1 Å². The van der Waals surface area contributed by atoms with Gasteiger partial charge in [-0.15, -0.1) is 11.6 Å². The highest BCUT2D eigenvalue weighted by Gasteiger charge is 1.96. The number of ether oxygens (including phenoxy) is 1. The first-order chi connectivity index (χ1) is 6.24. The van der Waals surface area contributed by atoms with E-state index in [1.54, 1.807) is 0 Å². The van der Waals surface area contributed by atoms with E-state index < -0.39 is 0 Å². The van der Waals surface area contributed by atoms with Crippen molar-refractivity contribution in [2.24, 2.45) is 0 Å². The maximum absolute atomic E-state index is 5.54. The van der Waals surface area contributed by atoms with Crippen molar-refractivity contribution in [1.82, 2.24) is 0 Å². The van der Waals surface area contributed by atoms with Crippen molar-refractivity contribution in [2.45, 2.75) is 20.3 Å². The van der Waals surface area contributed by atoms with Crippen LogP contribution in [0.4, 0.5) is 0 Å². The molecular weight excluding hydrogens is 184 g/mol. The lowest BCUT2D eigenvalue weighted by molar-refractivity contribution is 0.318. The van der Waals surface area contributed by atoms with Crippen molar-refractivity contribution in [3.63, 3.8) is 0 Å². The minimum atomic E-state index is 0.658. The predicted octanol–water partition coefficient (Wildman–Crippen LogP) is 3.31. The van der Waals surface area contributed by atoms with Gasteiger partial charge in [0.2, 0.25) is 0 Å². The molecule has 0 unspecified atom stereocenters. The third-order valence-corrected chi connectivity index (χ3v) is 2.29. The fraction of sp³-hybridized carbons (Fsp3) is 0.455. The fourth-order valence-corrected chi connectivity index (χ4v) is 1.16. The molecule has 0 aliphatic heterocycles. The van der Waals surface area contributed by atoms with Crippen LogP contribution in [0, 0.1) is 13.8 Å². The van der Waals surface area contributed by atoms with Gasteiger partial charge < -0.3 is 4.74 Å². The average Bonchev–Trinajstić information content (AvgIpc) is 2.12. The number of rotatable bonds is 4. The number of hydrogen-bond donors (Lipinski definition) is 0. The maximum atomic E-state index is 5.54. The van der Waals surface area contributed by atoms with Gasteiger partial charge in [-0.2, -0.15) is 0 Å². The Morgan fingerprint density at radius 1 is 1.23 bits per heavy atom. The standard InChI is InChI=1S/C11H15ClO/c1-9-4-5-11(8-10(9)2)13-7-3-6-12/h4-5,8H,3,6-7H2,1-2H3. The molecule has 0 radical (unpaired) electrons. The molecule has 0 bridgehead atoms. The summed E-state index contributed by atoms with van der Waals surface area (Å²) >= 11 is 5.54. The Kier molecular flexibility index (Phi) is 4.10. The summed E-state index contributed by atoms with van der Waals surface area (Å²) in [6, 6.07) is 6.13. The molecule has 0 saturated heterocycles. The van der Waals surface area contributed by atoms with Crippen LogP contribution in [0.2, 0.25) is 0 Å². The van der Waals surface area contributed by atoms with Gasteiger partial charge in [0.05, 0.1) is 6.61 Å². The molecule has 1 nitrogen and oxygen atoms in total. The van der Waals surface area contributed by atoms with Crippen LogP contribution in [-0.2, 0) is 0 Å². The summed E-state index contributed by atoms with van der Waals surface area (Å²) in [7, 11) is 0. The second kappa shape index (κ2) is 5.13. The SMILES string of the molecule is Cc1ccc(OCCCCl)cc1C. The highest BCUT2D eigenvalue weighted by atomic mass is 35.5. The molecule has 0 amide bonds.